The number of para-hydroxylation sites is 2. The monoisotopic (exact) mass is 336 g/mol. The first-order valence-corrected chi connectivity index (χ1v) is 8.56. The van der Waals surface area contributed by atoms with E-state index in [0.717, 1.165) is 24.0 Å². The molecule has 1 fully saturated rings. The van der Waals surface area contributed by atoms with Crippen molar-refractivity contribution in [1.82, 2.24) is 19.4 Å². The van der Waals surface area contributed by atoms with Crippen molar-refractivity contribution in [3.05, 3.63) is 54.5 Å². The number of ether oxygens (including phenoxy) is 1. The molecule has 1 atom stereocenters. The molecule has 2 aromatic heterocycles. The van der Waals surface area contributed by atoms with E-state index in [-0.39, 0.29) is 11.9 Å². The summed E-state index contributed by atoms with van der Waals surface area (Å²) in [5.74, 6) is 0.384. The van der Waals surface area contributed by atoms with E-state index in [1.165, 1.54) is 0 Å². The summed E-state index contributed by atoms with van der Waals surface area (Å²) in [5.41, 5.74) is 2.62. The van der Waals surface area contributed by atoms with Crippen molar-refractivity contribution in [2.45, 2.75) is 19.4 Å². The Kier molecular flexibility index (Phi) is 4.09. The van der Waals surface area contributed by atoms with E-state index in [2.05, 4.69) is 20.6 Å². The van der Waals surface area contributed by atoms with Crippen LogP contribution >= 0.6 is 0 Å². The van der Waals surface area contributed by atoms with Gasteiger partial charge in [0.05, 0.1) is 30.0 Å². The highest BCUT2D eigenvalue weighted by atomic mass is 16.5. The molecule has 0 N–H and O–H groups in total. The zero-order valence-electron chi connectivity index (χ0n) is 14.1. The number of amides is 1. The third-order valence-corrected chi connectivity index (χ3v) is 4.61. The van der Waals surface area contributed by atoms with Crippen molar-refractivity contribution < 1.29 is 9.53 Å². The van der Waals surface area contributed by atoms with Crippen LogP contribution in [0.4, 0.5) is 0 Å². The largest absolute Gasteiger partial charge is 0.477 e. The number of aromatic nitrogens is 3. The molecule has 0 unspecified atom stereocenters. The summed E-state index contributed by atoms with van der Waals surface area (Å²) in [6.07, 6.45) is 4.43. The quantitative estimate of drug-likeness (QED) is 0.735. The molecular formula is C19H20N4O2. The molecule has 25 heavy (non-hydrogen) atoms. The van der Waals surface area contributed by atoms with E-state index in [9.17, 15) is 4.79 Å². The van der Waals surface area contributed by atoms with Gasteiger partial charge in [-0.1, -0.05) is 12.1 Å². The first-order chi connectivity index (χ1) is 12.3. The molecule has 4 rings (SSSR count). The zero-order valence-corrected chi connectivity index (χ0v) is 14.1. The Morgan fingerprint density at radius 2 is 2.12 bits per heavy atom. The molecule has 3 heterocycles. The smallest absolute Gasteiger partial charge is 0.259 e. The van der Waals surface area contributed by atoms with E-state index in [0.29, 0.717) is 24.6 Å². The number of imidazole rings is 1. The van der Waals surface area contributed by atoms with E-state index in [1.54, 1.807) is 18.3 Å². The summed E-state index contributed by atoms with van der Waals surface area (Å²) in [6.45, 7) is 3.76. The van der Waals surface area contributed by atoms with Crippen LogP contribution in [0.1, 0.15) is 29.7 Å². The second-order valence-corrected chi connectivity index (χ2v) is 6.12. The van der Waals surface area contributed by atoms with Gasteiger partial charge in [0.1, 0.15) is 5.56 Å². The van der Waals surface area contributed by atoms with Gasteiger partial charge in [-0.2, -0.15) is 0 Å². The number of pyridine rings is 1. The third-order valence-electron chi connectivity index (χ3n) is 4.61. The van der Waals surface area contributed by atoms with E-state index in [1.807, 2.05) is 36.4 Å². The molecule has 3 aromatic rings. The van der Waals surface area contributed by atoms with Crippen molar-refractivity contribution in [1.29, 1.82) is 0 Å². The Morgan fingerprint density at radius 3 is 3.00 bits per heavy atom. The molecule has 0 aliphatic carbocycles. The highest BCUT2D eigenvalue weighted by molar-refractivity contribution is 5.96. The lowest BCUT2D eigenvalue weighted by molar-refractivity contribution is 0.0782. The van der Waals surface area contributed by atoms with Crippen molar-refractivity contribution in [2.24, 2.45) is 0 Å². The predicted octanol–water partition coefficient (Wildman–Crippen LogP) is 2.92. The standard InChI is InChI=1S/C19H20N4O2/c1-2-25-18-15(6-5-10-20-18)19(24)22-11-9-14(12-22)23-13-21-16-7-3-4-8-17(16)23/h3-8,10,13-14H,2,9,11-12H2,1H3/t14-/m0/s1. The molecule has 0 spiro atoms. The van der Waals surface area contributed by atoms with Crippen LogP contribution < -0.4 is 4.74 Å². The van der Waals surface area contributed by atoms with Gasteiger partial charge in [-0.3, -0.25) is 4.79 Å². The molecule has 128 valence electrons. The fourth-order valence-corrected chi connectivity index (χ4v) is 3.40. The van der Waals surface area contributed by atoms with Gasteiger partial charge in [-0.25, -0.2) is 9.97 Å². The number of fused-ring (bicyclic) bond motifs is 1. The van der Waals surface area contributed by atoms with Crippen LogP contribution in [0.15, 0.2) is 48.9 Å². The minimum atomic E-state index is -0.0246. The first-order valence-electron chi connectivity index (χ1n) is 8.56. The number of rotatable bonds is 4. The SMILES string of the molecule is CCOc1ncccc1C(=O)N1CC[C@H](n2cnc3ccccc32)C1. The van der Waals surface area contributed by atoms with Crippen molar-refractivity contribution >= 4 is 16.9 Å². The van der Waals surface area contributed by atoms with Crippen LogP contribution in [0.25, 0.3) is 11.0 Å². The van der Waals surface area contributed by atoms with Gasteiger partial charge in [0.15, 0.2) is 0 Å². The molecular weight excluding hydrogens is 316 g/mol. The normalized spacial score (nSPS) is 17.2. The zero-order chi connectivity index (χ0) is 17.2. The lowest BCUT2D eigenvalue weighted by Gasteiger charge is -2.18. The highest BCUT2D eigenvalue weighted by Gasteiger charge is 2.30. The second-order valence-electron chi connectivity index (χ2n) is 6.12. The summed E-state index contributed by atoms with van der Waals surface area (Å²) >= 11 is 0. The van der Waals surface area contributed by atoms with E-state index in [4.69, 9.17) is 4.74 Å². The van der Waals surface area contributed by atoms with Crippen LogP contribution in [-0.4, -0.2) is 45.0 Å². The number of carbonyl (C=O) groups is 1. The molecule has 1 aromatic carbocycles. The molecule has 0 saturated carbocycles. The molecule has 1 aliphatic heterocycles. The average molecular weight is 336 g/mol. The maximum absolute atomic E-state index is 12.9. The van der Waals surface area contributed by atoms with Gasteiger partial charge in [-0.05, 0) is 37.6 Å². The number of nitrogens with zero attached hydrogens (tertiary/aromatic N) is 4. The maximum atomic E-state index is 12.9. The van der Waals surface area contributed by atoms with Crippen molar-refractivity contribution in [3.8, 4) is 5.88 Å². The van der Waals surface area contributed by atoms with Gasteiger partial charge in [0.2, 0.25) is 5.88 Å². The molecule has 0 bridgehead atoms. The summed E-state index contributed by atoms with van der Waals surface area (Å²) in [4.78, 5) is 23.4. The predicted molar refractivity (Wildman–Crippen MR) is 94.7 cm³/mol. The molecule has 1 aliphatic rings. The second kappa shape index (κ2) is 6.55. The van der Waals surface area contributed by atoms with Crippen LogP contribution in [0.5, 0.6) is 5.88 Å². The number of hydrogen-bond acceptors (Lipinski definition) is 4. The topological polar surface area (TPSA) is 60.2 Å². The Balaban J connectivity index is 1.55. The number of benzene rings is 1. The van der Waals surface area contributed by atoms with Gasteiger partial charge in [0.25, 0.3) is 5.91 Å². The van der Waals surface area contributed by atoms with Gasteiger partial charge >= 0.3 is 0 Å². The van der Waals surface area contributed by atoms with Gasteiger partial charge < -0.3 is 14.2 Å². The molecule has 6 heteroatoms. The van der Waals surface area contributed by atoms with E-state index >= 15 is 0 Å². The van der Waals surface area contributed by atoms with E-state index < -0.39 is 0 Å². The lowest BCUT2D eigenvalue weighted by atomic mass is 10.2. The van der Waals surface area contributed by atoms with Crippen LogP contribution in [0.3, 0.4) is 0 Å². The van der Waals surface area contributed by atoms with Crippen molar-refractivity contribution in [3.63, 3.8) is 0 Å². The van der Waals surface area contributed by atoms with Crippen LogP contribution in [0, 0.1) is 0 Å². The van der Waals surface area contributed by atoms with Crippen molar-refractivity contribution in [2.75, 3.05) is 19.7 Å². The minimum absolute atomic E-state index is 0.0246. The Bertz CT molecular complexity index is 905. The molecule has 0 radical (unpaired) electrons. The summed E-state index contributed by atoms with van der Waals surface area (Å²) in [5, 5.41) is 0. The number of likely N-dealkylation sites (tertiary alicyclic amines) is 1. The Morgan fingerprint density at radius 1 is 1.24 bits per heavy atom. The van der Waals surface area contributed by atoms with Crippen LogP contribution in [0.2, 0.25) is 0 Å². The average Bonchev–Trinajstić information content (AvgIpc) is 3.29. The number of carbonyl (C=O) groups excluding carboxylic acids is 1. The minimum Gasteiger partial charge on any atom is -0.477 e. The fraction of sp³-hybridized carbons (Fsp3) is 0.316. The Hall–Kier alpha value is -2.89. The number of hydrogen-bond donors (Lipinski definition) is 0. The summed E-state index contributed by atoms with van der Waals surface area (Å²) < 4.78 is 7.68. The Labute approximate surface area is 146 Å². The van der Waals surface area contributed by atoms with Crippen LogP contribution in [-0.2, 0) is 0 Å². The maximum Gasteiger partial charge on any atom is 0.259 e. The van der Waals surface area contributed by atoms with Gasteiger partial charge in [0, 0.05) is 19.3 Å². The third kappa shape index (κ3) is 2.84. The molecule has 1 saturated heterocycles. The first kappa shape index (κ1) is 15.6. The fourth-order valence-electron chi connectivity index (χ4n) is 3.40. The summed E-state index contributed by atoms with van der Waals surface area (Å²) in [6, 6.07) is 11.9. The highest BCUT2D eigenvalue weighted by Crippen LogP contribution is 2.28. The molecule has 6 nitrogen and oxygen atoms in total. The van der Waals surface area contributed by atoms with Gasteiger partial charge in [-0.15, -0.1) is 0 Å². The summed E-state index contributed by atoms with van der Waals surface area (Å²) in [7, 11) is 0. The molecule has 1 amide bonds. The lowest BCUT2D eigenvalue weighted by Crippen LogP contribution is -2.29.